The number of anilines is 1. The molecule has 1 aliphatic rings. The van der Waals surface area contributed by atoms with E-state index in [0.717, 1.165) is 11.3 Å². The quantitative estimate of drug-likeness (QED) is 0.913. The normalized spacial score (nSPS) is 15.6. The number of fused-ring (bicyclic) bond motifs is 1. The summed E-state index contributed by atoms with van der Waals surface area (Å²) in [5.41, 5.74) is 5.92. The number of nitrogens with one attached hydrogen (secondary N) is 2. The number of hydrogen-bond donors (Lipinski definition) is 2. The zero-order chi connectivity index (χ0) is 15.0. The monoisotopic (exact) mass is 301 g/mol. The molecular formula is C16H19N3OS. The summed E-state index contributed by atoms with van der Waals surface area (Å²) in [6.07, 6.45) is 0. The maximum atomic E-state index is 11.7. The Morgan fingerprint density at radius 1 is 1.38 bits per heavy atom. The minimum atomic E-state index is -0.0471. The van der Waals surface area contributed by atoms with Gasteiger partial charge in [0.25, 0.3) is 0 Å². The first kappa shape index (κ1) is 14.1. The summed E-state index contributed by atoms with van der Waals surface area (Å²) in [6, 6.07) is 6.41. The number of nitrogens with zero attached hydrogens (tertiary/aromatic N) is 1. The summed E-state index contributed by atoms with van der Waals surface area (Å²) < 4.78 is 0. The Morgan fingerprint density at radius 2 is 2.19 bits per heavy atom. The van der Waals surface area contributed by atoms with Gasteiger partial charge in [-0.3, -0.25) is 0 Å². The molecule has 0 fully saturated rings. The van der Waals surface area contributed by atoms with Crippen molar-refractivity contribution in [3.63, 3.8) is 0 Å². The number of benzene rings is 1. The molecule has 2 amide bonds. The molecule has 1 aliphatic heterocycles. The minimum absolute atomic E-state index is 0.0471. The zero-order valence-corrected chi connectivity index (χ0v) is 13.3. The Labute approximate surface area is 128 Å². The van der Waals surface area contributed by atoms with Gasteiger partial charge < -0.3 is 15.5 Å². The largest absolute Gasteiger partial charge is 0.323 e. The molecule has 0 bridgehead atoms. The van der Waals surface area contributed by atoms with Crippen molar-refractivity contribution in [3.05, 3.63) is 51.2 Å². The van der Waals surface area contributed by atoms with Crippen LogP contribution in [-0.2, 0) is 6.54 Å². The number of thiophene rings is 1. The van der Waals surface area contributed by atoms with E-state index < -0.39 is 0 Å². The highest BCUT2D eigenvalue weighted by Gasteiger charge is 2.22. The van der Waals surface area contributed by atoms with Crippen LogP contribution in [0.15, 0.2) is 29.0 Å². The summed E-state index contributed by atoms with van der Waals surface area (Å²) in [7, 11) is 3.79. The lowest BCUT2D eigenvalue weighted by Gasteiger charge is -2.27. The molecule has 2 heterocycles. The maximum Gasteiger partial charge on any atom is 0.321 e. The van der Waals surface area contributed by atoms with Crippen LogP contribution < -0.4 is 10.6 Å². The van der Waals surface area contributed by atoms with E-state index in [1.165, 1.54) is 16.7 Å². The van der Waals surface area contributed by atoms with E-state index >= 15 is 0 Å². The molecule has 5 heteroatoms. The molecule has 0 saturated heterocycles. The Bertz CT molecular complexity index is 680. The van der Waals surface area contributed by atoms with Crippen molar-refractivity contribution < 1.29 is 4.79 Å². The lowest BCUT2D eigenvalue weighted by Crippen LogP contribution is -2.35. The highest BCUT2D eigenvalue weighted by Crippen LogP contribution is 2.31. The lowest BCUT2D eigenvalue weighted by molar-refractivity contribution is 0.218. The van der Waals surface area contributed by atoms with E-state index in [9.17, 15) is 4.79 Å². The van der Waals surface area contributed by atoms with Gasteiger partial charge in [0.2, 0.25) is 0 Å². The van der Waals surface area contributed by atoms with Crippen molar-refractivity contribution >= 4 is 23.1 Å². The second-order valence-electron chi connectivity index (χ2n) is 5.43. The van der Waals surface area contributed by atoms with Crippen LogP contribution in [0.4, 0.5) is 10.5 Å². The Kier molecular flexibility index (Phi) is 3.69. The van der Waals surface area contributed by atoms with Crippen molar-refractivity contribution in [3.8, 4) is 0 Å². The minimum Gasteiger partial charge on any atom is -0.323 e. The molecule has 4 nitrogen and oxygen atoms in total. The van der Waals surface area contributed by atoms with Gasteiger partial charge in [0.1, 0.15) is 0 Å². The molecular weight excluding hydrogens is 282 g/mol. The van der Waals surface area contributed by atoms with E-state index in [-0.39, 0.29) is 12.1 Å². The lowest BCUT2D eigenvalue weighted by atomic mass is 9.95. The summed E-state index contributed by atoms with van der Waals surface area (Å²) in [4.78, 5) is 13.4. The van der Waals surface area contributed by atoms with Gasteiger partial charge in [0, 0.05) is 19.3 Å². The third kappa shape index (κ3) is 2.54. The molecule has 3 rings (SSSR count). The molecule has 110 valence electrons. The second-order valence-corrected chi connectivity index (χ2v) is 6.18. The van der Waals surface area contributed by atoms with Gasteiger partial charge in [-0.05, 0) is 53.1 Å². The van der Waals surface area contributed by atoms with Crippen molar-refractivity contribution in [1.82, 2.24) is 10.2 Å². The Hall–Kier alpha value is -1.85. The topological polar surface area (TPSA) is 44.4 Å². The van der Waals surface area contributed by atoms with Crippen LogP contribution in [0.2, 0.25) is 0 Å². The first-order chi connectivity index (χ1) is 10.1. The predicted octanol–water partition coefficient (Wildman–Crippen LogP) is 3.34. The van der Waals surface area contributed by atoms with Gasteiger partial charge >= 0.3 is 6.03 Å². The summed E-state index contributed by atoms with van der Waals surface area (Å²) in [5.74, 6) is 0. The van der Waals surface area contributed by atoms with Crippen LogP contribution in [0.3, 0.4) is 0 Å². The molecule has 0 saturated carbocycles. The fraction of sp³-hybridized carbons (Fsp3) is 0.312. The average Bonchev–Trinajstić information content (AvgIpc) is 2.88. The van der Waals surface area contributed by atoms with Crippen molar-refractivity contribution in [1.29, 1.82) is 0 Å². The number of aryl methyl sites for hydroxylation is 1. The number of rotatable bonds is 3. The molecule has 2 aromatic rings. The van der Waals surface area contributed by atoms with E-state index in [1.54, 1.807) is 16.2 Å². The van der Waals surface area contributed by atoms with Crippen molar-refractivity contribution in [2.24, 2.45) is 0 Å². The third-order valence-corrected chi connectivity index (χ3v) is 4.83. The third-order valence-electron chi connectivity index (χ3n) is 3.95. The predicted molar refractivity (Wildman–Crippen MR) is 86.9 cm³/mol. The molecule has 1 aromatic carbocycles. The summed E-state index contributed by atoms with van der Waals surface area (Å²) in [6.45, 7) is 2.79. The van der Waals surface area contributed by atoms with Crippen LogP contribution in [0.1, 0.15) is 28.3 Å². The summed E-state index contributed by atoms with van der Waals surface area (Å²) in [5, 5.41) is 10.7. The van der Waals surface area contributed by atoms with Crippen LogP contribution in [-0.4, -0.2) is 25.0 Å². The number of urea groups is 1. The standard InChI is InChI=1S/C16H19N3OS/c1-10-8-21-9-13(10)15(17-2)11-4-5-14-12(6-11)7-19(3)16(20)18-14/h4-6,8-9,15,17H,7H2,1-3H3,(H,18,20). The van der Waals surface area contributed by atoms with Crippen LogP contribution >= 0.6 is 11.3 Å². The molecule has 1 atom stereocenters. The SMILES string of the molecule is CNC(c1ccc2c(c1)CN(C)C(=O)N2)c1cscc1C. The first-order valence-electron chi connectivity index (χ1n) is 6.95. The van der Waals surface area contributed by atoms with Crippen molar-refractivity contribution in [2.45, 2.75) is 19.5 Å². The fourth-order valence-corrected chi connectivity index (χ4v) is 3.63. The fourth-order valence-electron chi connectivity index (χ4n) is 2.75. The van der Waals surface area contributed by atoms with Crippen molar-refractivity contribution in [2.75, 3.05) is 19.4 Å². The van der Waals surface area contributed by atoms with E-state index in [2.05, 4.69) is 40.5 Å². The number of carbonyl (C=O) groups excluding carboxylic acids is 1. The number of carbonyl (C=O) groups is 1. The first-order valence-corrected chi connectivity index (χ1v) is 7.89. The van der Waals surface area contributed by atoms with Gasteiger partial charge in [-0.25, -0.2) is 4.79 Å². The zero-order valence-electron chi connectivity index (χ0n) is 12.4. The Balaban J connectivity index is 1.98. The molecule has 1 unspecified atom stereocenters. The summed E-state index contributed by atoms with van der Waals surface area (Å²) >= 11 is 1.73. The second kappa shape index (κ2) is 5.50. The van der Waals surface area contributed by atoms with Crippen LogP contribution in [0, 0.1) is 6.92 Å². The smallest absolute Gasteiger partial charge is 0.321 e. The van der Waals surface area contributed by atoms with Gasteiger partial charge in [-0.15, -0.1) is 0 Å². The molecule has 0 radical (unpaired) electrons. The van der Waals surface area contributed by atoms with E-state index in [4.69, 9.17) is 0 Å². The Morgan fingerprint density at radius 3 is 2.86 bits per heavy atom. The van der Waals surface area contributed by atoms with Gasteiger partial charge in [-0.1, -0.05) is 12.1 Å². The number of hydrogen-bond acceptors (Lipinski definition) is 3. The highest BCUT2D eigenvalue weighted by molar-refractivity contribution is 7.08. The molecule has 0 spiro atoms. The number of amides is 2. The van der Waals surface area contributed by atoms with Crippen LogP contribution in [0.25, 0.3) is 0 Å². The molecule has 2 N–H and O–H groups in total. The van der Waals surface area contributed by atoms with Gasteiger partial charge in [-0.2, -0.15) is 11.3 Å². The van der Waals surface area contributed by atoms with Crippen LogP contribution in [0.5, 0.6) is 0 Å². The molecule has 21 heavy (non-hydrogen) atoms. The van der Waals surface area contributed by atoms with Gasteiger partial charge in [0.15, 0.2) is 0 Å². The maximum absolute atomic E-state index is 11.7. The average molecular weight is 301 g/mol. The van der Waals surface area contributed by atoms with E-state index in [1.807, 2.05) is 20.2 Å². The van der Waals surface area contributed by atoms with E-state index in [0.29, 0.717) is 6.54 Å². The molecule has 0 aliphatic carbocycles. The highest BCUT2D eigenvalue weighted by atomic mass is 32.1. The molecule has 1 aromatic heterocycles. The van der Waals surface area contributed by atoms with Gasteiger partial charge in [0.05, 0.1) is 6.04 Å².